The highest BCUT2D eigenvalue weighted by Crippen LogP contribution is 2.24. The lowest BCUT2D eigenvalue weighted by Gasteiger charge is -2.05. The fourth-order valence-electron chi connectivity index (χ4n) is 2.22. The van der Waals surface area contributed by atoms with Crippen LogP contribution in [0.25, 0.3) is 21.7 Å². The number of hydrogen-bond donors (Lipinski definition) is 1. The molecule has 0 amide bonds. The van der Waals surface area contributed by atoms with E-state index in [2.05, 4.69) is 46.7 Å². The van der Waals surface area contributed by atoms with Crippen LogP contribution < -0.4 is 5.32 Å². The molecule has 3 rings (SSSR count). The Morgan fingerprint density at radius 3 is 2.82 bits per heavy atom. The zero-order chi connectivity index (χ0) is 11.7. The quantitative estimate of drug-likeness (QED) is 0.674. The van der Waals surface area contributed by atoms with Crippen LogP contribution in [-0.4, -0.2) is 12.0 Å². The normalized spacial score (nSPS) is 11.1. The van der Waals surface area contributed by atoms with Gasteiger partial charge in [0, 0.05) is 23.5 Å². The molecule has 0 aliphatic rings. The summed E-state index contributed by atoms with van der Waals surface area (Å²) in [4.78, 5) is 4.49. The van der Waals surface area contributed by atoms with Crippen molar-refractivity contribution in [3.05, 3.63) is 54.2 Å². The third-order valence-corrected chi connectivity index (χ3v) is 3.04. The van der Waals surface area contributed by atoms with Gasteiger partial charge in [0.2, 0.25) is 0 Å². The van der Waals surface area contributed by atoms with Crippen molar-refractivity contribution in [1.29, 1.82) is 0 Å². The van der Waals surface area contributed by atoms with Crippen LogP contribution in [0.1, 0.15) is 5.56 Å². The van der Waals surface area contributed by atoms with Gasteiger partial charge in [-0.2, -0.15) is 0 Å². The lowest BCUT2D eigenvalue weighted by atomic mass is 10.0. The summed E-state index contributed by atoms with van der Waals surface area (Å²) < 4.78 is 0. The van der Waals surface area contributed by atoms with Gasteiger partial charge >= 0.3 is 0 Å². The number of fused-ring (bicyclic) bond motifs is 3. The molecule has 17 heavy (non-hydrogen) atoms. The van der Waals surface area contributed by atoms with Crippen molar-refractivity contribution in [2.24, 2.45) is 0 Å². The van der Waals surface area contributed by atoms with Gasteiger partial charge in [0.05, 0.1) is 5.52 Å². The summed E-state index contributed by atoms with van der Waals surface area (Å²) in [5.41, 5.74) is 2.35. The molecule has 2 heteroatoms. The molecule has 0 spiro atoms. The molecule has 84 valence electrons. The molecule has 0 atom stereocenters. The van der Waals surface area contributed by atoms with Crippen LogP contribution in [0.15, 0.2) is 48.7 Å². The van der Waals surface area contributed by atoms with E-state index in [0.29, 0.717) is 0 Å². The molecular formula is C15H14N2. The van der Waals surface area contributed by atoms with Crippen molar-refractivity contribution >= 4 is 21.7 Å². The first-order chi connectivity index (χ1) is 8.38. The summed E-state index contributed by atoms with van der Waals surface area (Å²) in [6.07, 6.45) is 1.94. The van der Waals surface area contributed by atoms with Gasteiger partial charge < -0.3 is 5.32 Å². The second-order valence-electron chi connectivity index (χ2n) is 4.23. The van der Waals surface area contributed by atoms with E-state index in [1.807, 2.05) is 19.3 Å². The Morgan fingerprint density at radius 2 is 1.94 bits per heavy atom. The van der Waals surface area contributed by atoms with E-state index in [4.69, 9.17) is 0 Å². The maximum Gasteiger partial charge on any atom is 0.0708 e. The van der Waals surface area contributed by atoms with Gasteiger partial charge in [-0.05, 0) is 30.1 Å². The molecule has 2 aromatic carbocycles. The highest BCUT2D eigenvalue weighted by molar-refractivity contribution is 6.05. The van der Waals surface area contributed by atoms with E-state index in [9.17, 15) is 0 Å². The van der Waals surface area contributed by atoms with E-state index < -0.39 is 0 Å². The number of pyridine rings is 1. The van der Waals surface area contributed by atoms with Gasteiger partial charge in [-0.25, -0.2) is 0 Å². The largest absolute Gasteiger partial charge is 0.316 e. The smallest absolute Gasteiger partial charge is 0.0708 e. The Morgan fingerprint density at radius 1 is 1.06 bits per heavy atom. The number of aromatic nitrogens is 1. The predicted octanol–water partition coefficient (Wildman–Crippen LogP) is 3.11. The minimum absolute atomic E-state index is 0.888. The van der Waals surface area contributed by atoms with Gasteiger partial charge in [0.25, 0.3) is 0 Å². The lowest BCUT2D eigenvalue weighted by molar-refractivity contribution is 0.819. The molecule has 0 bridgehead atoms. The molecule has 1 heterocycles. The molecule has 3 aromatic rings. The average Bonchev–Trinajstić information content (AvgIpc) is 2.39. The summed E-state index contributed by atoms with van der Waals surface area (Å²) in [5, 5.41) is 6.88. The zero-order valence-electron chi connectivity index (χ0n) is 9.77. The molecule has 0 fully saturated rings. The highest BCUT2D eigenvalue weighted by Gasteiger charge is 2.02. The monoisotopic (exact) mass is 222 g/mol. The Hall–Kier alpha value is -1.93. The third-order valence-electron chi connectivity index (χ3n) is 3.04. The predicted molar refractivity (Wildman–Crippen MR) is 72.0 cm³/mol. The fraction of sp³-hybridized carbons (Fsp3) is 0.133. The number of nitrogens with zero attached hydrogens (tertiary/aromatic N) is 1. The summed E-state index contributed by atoms with van der Waals surface area (Å²) in [6.45, 7) is 0.888. The van der Waals surface area contributed by atoms with Crippen molar-refractivity contribution in [2.45, 2.75) is 6.54 Å². The minimum atomic E-state index is 0.888. The lowest BCUT2D eigenvalue weighted by Crippen LogP contribution is -2.04. The molecule has 0 saturated heterocycles. The van der Waals surface area contributed by atoms with Crippen LogP contribution in [0.3, 0.4) is 0 Å². The number of rotatable bonds is 2. The molecule has 0 saturated carbocycles. The van der Waals surface area contributed by atoms with Crippen LogP contribution in [0.5, 0.6) is 0 Å². The first kappa shape index (κ1) is 10.2. The Labute approximate surface area is 100 Å². The summed E-state index contributed by atoms with van der Waals surface area (Å²) in [6, 6.07) is 14.8. The molecule has 0 aliphatic carbocycles. The SMILES string of the molecule is CNCc1ccc2ncc3ccccc3c2c1. The van der Waals surface area contributed by atoms with Gasteiger partial charge in [-0.15, -0.1) is 0 Å². The topological polar surface area (TPSA) is 24.9 Å². The van der Waals surface area contributed by atoms with Crippen molar-refractivity contribution in [3.8, 4) is 0 Å². The van der Waals surface area contributed by atoms with Crippen LogP contribution in [0.4, 0.5) is 0 Å². The van der Waals surface area contributed by atoms with Gasteiger partial charge in [0.15, 0.2) is 0 Å². The average molecular weight is 222 g/mol. The van der Waals surface area contributed by atoms with E-state index in [-0.39, 0.29) is 0 Å². The van der Waals surface area contributed by atoms with Gasteiger partial charge in [-0.3, -0.25) is 4.98 Å². The Kier molecular flexibility index (Phi) is 2.50. The second kappa shape index (κ2) is 4.15. The van der Waals surface area contributed by atoms with Gasteiger partial charge in [-0.1, -0.05) is 30.3 Å². The van der Waals surface area contributed by atoms with E-state index >= 15 is 0 Å². The van der Waals surface area contributed by atoms with Crippen LogP contribution in [0, 0.1) is 0 Å². The Balaban J connectivity index is 2.34. The van der Waals surface area contributed by atoms with E-state index in [1.165, 1.54) is 21.7 Å². The van der Waals surface area contributed by atoms with E-state index in [0.717, 1.165) is 12.1 Å². The molecule has 1 aromatic heterocycles. The zero-order valence-corrected chi connectivity index (χ0v) is 9.77. The molecule has 2 nitrogen and oxygen atoms in total. The first-order valence-electron chi connectivity index (χ1n) is 5.79. The Bertz CT molecular complexity index is 674. The second-order valence-corrected chi connectivity index (χ2v) is 4.23. The number of hydrogen-bond acceptors (Lipinski definition) is 2. The molecule has 0 radical (unpaired) electrons. The standard InChI is InChI=1S/C15H14N2/c1-16-9-11-6-7-15-14(8-11)13-5-3-2-4-12(13)10-17-15/h2-8,10,16H,9H2,1H3. The number of benzene rings is 2. The minimum Gasteiger partial charge on any atom is -0.316 e. The summed E-state index contributed by atoms with van der Waals surface area (Å²) >= 11 is 0. The molecular weight excluding hydrogens is 208 g/mol. The maximum atomic E-state index is 4.49. The van der Waals surface area contributed by atoms with Crippen LogP contribution in [0.2, 0.25) is 0 Å². The van der Waals surface area contributed by atoms with E-state index in [1.54, 1.807) is 0 Å². The van der Waals surface area contributed by atoms with Crippen molar-refractivity contribution in [3.63, 3.8) is 0 Å². The fourth-order valence-corrected chi connectivity index (χ4v) is 2.22. The first-order valence-corrected chi connectivity index (χ1v) is 5.79. The van der Waals surface area contributed by atoms with Crippen molar-refractivity contribution in [1.82, 2.24) is 10.3 Å². The maximum absolute atomic E-state index is 4.49. The summed E-state index contributed by atoms with van der Waals surface area (Å²) in [7, 11) is 1.96. The third kappa shape index (κ3) is 1.77. The molecule has 0 aliphatic heterocycles. The van der Waals surface area contributed by atoms with Crippen molar-refractivity contribution in [2.75, 3.05) is 7.05 Å². The van der Waals surface area contributed by atoms with Crippen LogP contribution in [-0.2, 0) is 6.54 Å². The molecule has 1 N–H and O–H groups in total. The summed E-state index contributed by atoms with van der Waals surface area (Å²) in [5.74, 6) is 0. The number of nitrogens with one attached hydrogen (secondary N) is 1. The van der Waals surface area contributed by atoms with Gasteiger partial charge in [0.1, 0.15) is 0 Å². The molecule has 0 unspecified atom stereocenters. The highest BCUT2D eigenvalue weighted by atomic mass is 14.8. The van der Waals surface area contributed by atoms with Crippen molar-refractivity contribution < 1.29 is 0 Å². The van der Waals surface area contributed by atoms with Crippen LogP contribution >= 0.6 is 0 Å².